The predicted molar refractivity (Wildman–Crippen MR) is 63.5 cm³/mol. The van der Waals surface area contributed by atoms with Gasteiger partial charge in [0.05, 0.1) is 31.1 Å². The fourth-order valence-electron chi connectivity index (χ4n) is 2.08. The predicted octanol–water partition coefficient (Wildman–Crippen LogP) is 0.733. The minimum absolute atomic E-state index is 0.0582. The first-order chi connectivity index (χ1) is 8.02. The smallest absolute Gasteiger partial charge is 0.240 e. The number of carbonyl (C=O) groups is 1. The fraction of sp³-hybridized carbons (Fsp3) is 0.636. The first-order valence-electron chi connectivity index (χ1n) is 5.64. The highest BCUT2D eigenvalue weighted by atomic mass is 35.5. The topological polar surface area (TPSA) is 58.4 Å². The maximum absolute atomic E-state index is 11.9. The van der Waals surface area contributed by atoms with Gasteiger partial charge in [0.1, 0.15) is 5.38 Å². The van der Waals surface area contributed by atoms with Crippen LogP contribution in [0.2, 0.25) is 0 Å². The molecule has 94 valence electrons. The van der Waals surface area contributed by atoms with Crippen LogP contribution in [0.1, 0.15) is 25.2 Å². The number of aromatic nitrogens is 2. The summed E-state index contributed by atoms with van der Waals surface area (Å²) < 4.78 is 1.85. The summed E-state index contributed by atoms with van der Waals surface area (Å²) in [4.78, 5) is 13.7. The van der Waals surface area contributed by atoms with Crippen molar-refractivity contribution < 1.29 is 9.90 Å². The number of aliphatic hydroxyl groups excluding tert-OH is 1. The van der Waals surface area contributed by atoms with E-state index >= 15 is 0 Å². The van der Waals surface area contributed by atoms with Crippen LogP contribution in [0.5, 0.6) is 0 Å². The Labute approximate surface area is 105 Å². The highest BCUT2D eigenvalue weighted by Gasteiger charge is 2.29. The van der Waals surface area contributed by atoms with Gasteiger partial charge in [-0.1, -0.05) is 0 Å². The van der Waals surface area contributed by atoms with Crippen LogP contribution in [0, 0.1) is 0 Å². The number of carbonyl (C=O) groups excluding carboxylic acids is 1. The van der Waals surface area contributed by atoms with Gasteiger partial charge in [-0.2, -0.15) is 5.10 Å². The molecule has 0 radical (unpaired) electrons. The molecule has 1 N–H and O–H groups in total. The van der Waals surface area contributed by atoms with E-state index in [1.807, 2.05) is 17.7 Å². The van der Waals surface area contributed by atoms with Crippen LogP contribution in [0.4, 0.5) is 0 Å². The van der Waals surface area contributed by atoms with Crippen molar-refractivity contribution in [1.82, 2.24) is 14.7 Å². The molecule has 1 amide bonds. The van der Waals surface area contributed by atoms with Crippen LogP contribution in [0.25, 0.3) is 0 Å². The van der Waals surface area contributed by atoms with Crippen molar-refractivity contribution in [3.05, 3.63) is 17.5 Å². The standard InChI is InChI=1S/C11H16ClN3O2/c1-7-4-15-10(3-9(6-16)13-15)5-14(7)11(17)8(2)12/h3,7-8,16H,4-6H2,1-2H3/t7-,8+/m1/s1. The Kier molecular flexibility index (Phi) is 3.40. The van der Waals surface area contributed by atoms with Crippen molar-refractivity contribution in [2.45, 2.75) is 45.0 Å². The molecule has 17 heavy (non-hydrogen) atoms. The van der Waals surface area contributed by atoms with Crippen LogP contribution >= 0.6 is 11.6 Å². The zero-order valence-electron chi connectivity index (χ0n) is 9.93. The van der Waals surface area contributed by atoms with Gasteiger partial charge in [0.2, 0.25) is 5.91 Å². The van der Waals surface area contributed by atoms with E-state index in [9.17, 15) is 4.79 Å². The first kappa shape index (κ1) is 12.4. The molecule has 0 bridgehead atoms. The Morgan fingerprint density at radius 1 is 1.76 bits per heavy atom. The van der Waals surface area contributed by atoms with Crippen molar-refractivity contribution in [1.29, 1.82) is 0 Å². The molecule has 2 atom stereocenters. The van der Waals surface area contributed by atoms with Gasteiger partial charge in [0.15, 0.2) is 0 Å². The number of fused-ring (bicyclic) bond motifs is 1. The summed E-state index contributed by atoms with van der Waals surface area (Å²) in [6, 6.07) is 1.90. The summed E-state index contributed by atoms with van der Waals surface area (Å²) in [7, 11) is 0. The van der Waals surface area contributed by atoms with Gasteiger partial charge in [-0.25, -0.2) is 0 Å². The minimum atomic E-state index is -0.510. The molecule has 0 saturated carbocycles. The maximum atomic E-state index is 11.9. The zero-order chi connectivity index (χ0) is 12.6. The normalized spacial score (nSPS) is 21.2. The minimum Gasteiger partial charge on any atom is -0.390 e. The Morgan fingerprint density at radius 2 is 2.47 bits per heavy atom. The molecule has 6 heteroatoms. The van der Waals surface area contributed by atoms with Crippen molar-refractivity contribution in [2.75, 3.05) is 0 Å². The number of aliphatic hydroxyl groups is 1. The zero-order valence-corrected chi connectivity index (χ0v) is 10.7. The van der Waals surface area contributed by atoms with Gasteiger partial charge in [0.25, 0.3) is 0 Å². The second-order valence-electron chi connectivity index (χ2n) is 4.40. The lowest BCUT2D eigenvalue weighted by molar-refractivity contribution is -0.134. The lowest BCUT2D eigenvalue weighted by Crippen LogP contribution is -2.47. The number of nitrogens with zero attached hydrogens (tertiary/aromatic N) is 3. The highest BCUT2D eigenvalue weighted by Crippen LogP contribution is 2.20. The van der Waals surface area contributed by atoms with E-state index in [1.165, 1.54) is 0 Å². The molecule has 1 aromatic heterocycles. The Bertz CT molecular complexity index is 430. The summed E-state index contributed by atoms with van der Waals surface area (Å²) in [5.74, 6) is -0.0582. The lowest BCUT2D eigenvalue weighted by Gasteiger charge is -2.34. The second kappa shape index (κ2) is 4.66. The SMILES string of the molecule is C[C@H](Cl)C(=O)N1Cc2cc(CO)nn2C[C@H]1C. The molecular weight excluding hydrogens is 242 g/mol. The summed E-state index contributed by atoms with van der Waals surface area (Å²) in [6.45, 7) is 4.73. The Balaban J connectivity index is 2.23. The molecule has 0 unspecified atom stereocenters. The molecule has 1 aliphatic heterocycles. The molecule has 2 heterocycles. The first-order valence-corrected chi connectivity index (χ1v) is 6.07. The summed E-state index contributed by atoms with van der Waals surface area (Å²) in [5.41, 5.74) is 1.58. The average Bonchev–Trinajstić information content (AvgIpc) is 2.68. The molecule has 0 aliphatic carbocycles. The van der Waals surface area contributed by atoms with Crippen molar-refractivity contribution >= 4 is 17.5 Å². The largest absolute Gasteiger partial charge is 0.390 e. The average molecular weight is 258 g/mol. The van der Waals surface area contributed by atoms with Crippen LogP contribution in [-0.4, -0.2) is 37.1 Å². The molecule has 5 nitrogen and oxygen atoms in total. The maximum Gasteiger partial charge on any atom is 0.240 e. The van der Waals surface area contributed by atoms with Crippen LogP contribution < -0.4 is 0 Å². The highest BCUT2D eigenvalue weighted by molar-refractivity contribution is 6.30. The van der Waals surface area contributed by atoms with Crippen molar-refractivity contribution in [2.24, 2.45) is 0 Å². The Hall–Kier alpha value is -1.07. The monoisotopic (exact) mass is 257 g/mol. The number of hydrogen-bond acceptors (Lipinski definition) is 3. The third-order valence-corrected chi connectivity index (χ3v) is 3.19. The molecule has 0 aromatic carbocycles. The van der Waals surface area contributed by atoms with E-state index in [-0.39, 0.29) is 18.6 Å². The number of rotatable bonds is 2. The quantitative estimate of drug-likeness (QED) is 0.795. The molecule has 2 rings (SSSR count). The van der Waals surface area contributed by atoms with Gasteiger partial charge in [0, 0.05) is 6.04 Å². The molecule has 1 aromatic rings. The van der Waals surface area contributed by atoms with E-state index in [1.54, 1.807) is 11.8 Å². The van der Waals surface area contributed by atoms with Crippen LogP contribution in [0.15, 0.2) is 6.07 Å². The number of amides is 1. The van der Waals surface area contributed by atoms with Gasteiger partial charge >= 0.3 is 0 Å². The van der Waals surface area contributed by atoms with E-state index < -0.39 is 5.38 Å². The van der Waals surface area contributed by atoms with Crippen molar-refractivity contribution in [3.8, 4) is 0 Å². The summed E-state index contributed by atoms with van der Waals surface area (Å²) in [6.07, 6.45) is 0. The van der Waals surface area contributed by atoms with Gasteiger partial charge in [-0.3, -0.25) is 9.48 Å². The second-order valence-corrected chi connectivity index (χ2v) is 5.05. The van der Waals surface area contributed by atoms with Gasteiger partial charge < -0.3 is 10.0 Å². The third-order valence-electron chi connectivity index (χ3n) is 3.00. The molecular formula is C11H16ClN3O2. The number of hydrogen-bond donors (Lipinski definition) is 1. The molecule has 1 aliphatic rings. The van der Waals surface area contributed by atoms with Gasteiger partial charge in [-0.05, 0) is 19.9 Å². The summed E-state index contributed by atoms with van der Waals surface area (Å²) in [5, 5.41) is 12.8. The van der Waals surface area contributed by atoms with E-state index in [2.05, 4.69) is 5.10 Å². The third kappa shape index (κ3) is 2.30. The van der Waals surface area contributed by atoms with E-state index in [0.29, 0.717) is 18.8 Å². The number of halogens is 1. The molecule has 0 spiro atoms. The van der Waals surface area contributed by atoms with Crippen LogP contribution in [0.3, 0.4) is 0 Å². The molecule has 0 saturated heterocycles. The lowest BCUT2D eigenvalue weighted by atomic mass is 10.2. The van der Waals surface area contributed by atoms with E-state index in [0.717, 1.165) is 5.69 Å². The van der Waals surface area contributed by atoms with Crippen molar-refractivity contribution in [3.63, 3.8) is 0 Å². The number of alkyl halides is 1. The van der Waals surface area contributed by atoms with Gasteiger partial charge in [-0.15, -0.1) is 11.6 Å². The Morgan fingerprint density at radius 3 is 3.06 bits per heavy atom. The van der Waals surface area contributed by atoms with E-state index in [4.69, 9.17) is 16.7 Å². The van der Waals surface area contributed by atoms with Crippen LogP contribution in [-0.2, 0) is 24.5 Å². The summed E-state index contributed by atoms with van der Waals surface area (Å²) >= 11 is 5.83. The molecule has 0 fully saturated rings. The fourth-order valence-corrected chi connectivity index (χ4v) is 2.21.